The lowest BCUT2D eigenvalue weighted by molar-refractivity contribution is 0.102. The Hall–Kier alpha value is -2.82. The lowest BCUT2D eigenvalue weighted by Gasteiger charge is -2.06. The summed E-state index contributed by atoms with van der Waals surface area (Å²) in [6.45, 7) is 0. The number of rotatable bonds is 3. The Balaban J connectivity index is 2.15. The van der Waals surface area contributed by atoms with E-state index in [1.165, 1.54) is 18.2 Å². The third kappa shape index (κ3) is 2.90. The van der Waals surface area contributed by atoms with Crippen LogP contribution in [0.1, 0.15) is 20.7 Å². The molecule has 1 amide bonds. The zero-order chi connectivity index (χ0) is 13.8. The van der Waals surface area contributed by atoms with Crippen LogP contribution in [-0.2, 0) is 0 Å². The largest absolute Gasteiger partial charge is 0.504 e. The fraction of sp³-hybridized carbons (Fsp3) is 0. The minimum atomic E-state index is -0.422. The predicted molar refractivity (Wildman–Crippen MR) is 69.6 cm³/mol. The van der Waals surface area contributed by atoms with Crippen molar-refractivity contribution in [3.8, 4) is 11.5 Å². The molecule has 0 aliphatic heterocycles. The van der Waals surface area contributed by atoms with Crippen LogP contribution in [0.15, 0.2) is 42.5 Å². The highest BCUT2D eigenvalue weighted by Crippen LogP contribution is 2.25. The van der Waals surface area contributed by atoms with Crippen molar-refractivity contribution in [1.82, 2.24) is 0 Å². The zero-order valence-electron chi connectivity index (χ0n) is 9.83. The van der Waals surface area contributed by atoms with Gasteiger partial charge in [0.25, 0.3) is 5.91 Å². The van der Waals surface area contributed by atoms with Crippen LogP contribution in [0.25, 0.3) is 0 Å². The molecule has 0 aliphatic rings. The van der Waals surface area contributed by atoms with Crippen LogP contribution in [0.3, 0.4) is 0 Å². The van der Waals surface area contributed by atoms with E-state index in [4.69, 9.17) is 5.11 Å². The summed E-state index contributed by atoms with van der Waals surface area (Å²) in [5.41, 5.74) is 1.26. The molecular weight excluding hydrogens is 246 g/mol. The molecule has 0 aromatic heterocycles. The van der Waals surface area contributed by atoms with Crippen LogP contribution in [0.5, 0.6) is 11.5 Å². The topological polar surface area (TPSA) is 86.6 Å². The van der Waals surface area contributed by atoms with E-state index >= 15 is 0 Å². The fourth-order valence-corrected chi connectivity index (χ4v) is 1.51. The highest BCUT2D eigenvalue weighted by molar-refractivity contribution is 6.04. The second kappa shape index (κ2) is 5.22. The van der Waals surface area contributed by atoms with Gasteiger partial charge in [-0.05, 0) is 42.5 Å². The summed E-state index contributed by atoms with van der Waals surface area (Å²) in [6.07, 6.45) is 0.712. The van der Waals surface area contributed by atoms with E-state index in [0.717, 1.165) is 0 Å². The normalized spacial score (nSPS) is 9.89. The van der Waals surface area contributed by atoms with Gasteiger partial charge in [-0.15, -0.1) is 0 Å². The lowest BCUT2D eigenvalue weighted by Crippen LogP contribution is -2.11. The third-order valence-corrected chi connectivity index (χ3v) is 2.54. The molecule has 0 spiro atoms. The van der Waals surface area contributed by atoms with Crippen LogP contribution in [-0.4, -0.2) is 22.4 Å². The number of phenols is 2. The van der Waals surface area contributed by atoms with Gasteiger partial charge in [-0.1, -0.05) is 0 Å². The van der Waals surface area contributed by atoms with Crippen molar-refractivity contribution < 1.29 is 19.8 Å². The van der Waals surface area contributed by atoms with Crippen LogP contribution >= 0.6 is 0 Å². The Bertz CT molecular complexity index is 620. The molecule has 96 valence electrons. The summed E-state index contributed by atoms with van der Waals surface area (Å²) in [4.78, 5) is 22.4. The van der Waals surface area contributed by atoms with E-state index in [1.807, 2.05) is 0 Å². The van der Waals surface area contributed by atoms with Crippen molar-refractivity contribution in [3.63, 3.8) is 0 Å². The molecule has 0 heterocycles. The van der Waals surface area contributed by atoms with Gasteiger partial charge >= 0.3 is 0 Å². The first-order valence-electron chi connectivity index (χ1n) is 5.49. The maximum atomic E-state index is 11.9. The number of amides is 1. The van der Waals surface area contributed by atoms with E-state index in [9.17, 15) is 14.7 Å². The Morgan fingerprint density at radius 1 is 1.00 bits per heavy atom. The first kappa shape index (κ1) is 12.6. The highest BCUT2D eigenvalue weighted by Gasteiger charge is 2.09. The van der Waals surface area contributed by atoms with E-state index in [-0.39, 0.29) is 17.1 Å². The van der Waals surface area contributed by atoms with Crippen LogP contribution in [0, 0.1) is 0 Å². The molecule has 2 aromatic carbocycles. The Kier molecular flexibility index (Phi) is 3.47. The van der Waals surface area contributed by atoms with E-state index in [1.54, 1.807) is 24.3 Å². The molecule has 0 saturated heterocycles. The van der Waals surface area contributed by atoms with E-state index in [2.05, 4.69) is 5.32 Å². The molecule has 0 atom stereocenters. The molecule has 19 heavy (non-hydrogen) atoms. The van der Waals surface area contributed by atoms with E-state index in [0.29, 0.717) is 17.5 Å². The van der Waals surface area contributed by atoms with Crippen molar-refractivity contribution in [1.29, 1.82) is 0 Å². The molecule has 5 nitrogen and oxygen atoms in total. The van der Waals surface area contributed by atoms with Crippen molar-refractivity contribution in [2.24, 2.45) is 0 Å². The summed E-state index contributed by atoms with van der Waals surface area (Å²) < 4.78 is 0. The molecule has 2 aromatic rings. The molecule has 0 saturated carbocycles. The van der Waals surface area contributed by atoms with Gasteiger partial charge in [-0.2, -0.15) is 0 Å². The van der Waals surface area contributed by atoms with Crippen LogP contribution in [0.2, 0.25) is 0 Å². The standard InChI is InChI=1S/C14H11NO4/c16-8-9-1-4-11(5-2-9)15-14(19)10-3-6-12(17)13(18)7-10/h1-8,17-18H,(H,15,19). The number of aldehydes is 1. The SMILES string of the molecule is O=Cc1ccc(NC(=O)c2ccc(O)c(O)c2)cc1. The monoisotopic (exact) mass is 257 g/mol. The number of anilines is 1. The van der Waals surface area contributed by atoms with Gasteiger partial charge in [-0.25, -0.2) is 0 Å². The number of nitrogens with one attached hydrogen (secondary N) is 1. The number of carbonyl (C=O) groups excluding carboxylic acids is 2. The van der Waals surface area contributed by atoms with Gasteiger partial charge in [0.05, 0.1) is 0 Å². The maximum Gasteiger partial charge on any atom is 0.255 e. The third-order valence-electron chi connectivity index (χ3n) is 2.54. The number of aromatic hydroxyl groups is 2. The number of hydrogen-bond acceptors (Lipinski definition) is 4. The average molecular weight is 257 g/mol. The first-order valence-corrected chi connectivity index (χ1v) is 5.49. The summed E-state index contributed by atoms with van der Waals surface area (Å²) in [7, 11) is 0. The summed E-state index contributed by atoms with van der Waals surface area (Å²) in [5, 5.41) is 21.1. The molecular formula is C14H11NO4. The van der Waals surface area contributed by atoms with Crippen molar-refractivity contribution >= 4 is 17.9 Å². The molecule has 5 heteroatoms. The molecule has 0 radical (unpaired) electrons. The van der Waals surface area contributed by atoms with Crippen molar-refractivity contribution in [2.45, 2.75) is 0 Å². The summed E-state index contributed by atoms with van der Waals surface area (Å²) in [5.74, 6) is -1.06. The molecule has 0 fully saturated rings. The van der Waals surface area contributed by atoms with Crippen LogP contribution < -0.4 is 5.32 Å². The molecule has 0 aliphatic carbocycles. The maximum absolute atomic E-state index is 11.9. The van der Waals surface area contributed by atoms with Gasteiger partial charge in [0.1, 0.15) is 6.29 Å². The molecule has 0 bridgehead atoms. The number of carbonyl (C=O) groups is 2. The summed E-state index contributed by atoms with van der Waals surface area (Å²) >= 11 is 0. The quantitative estimate of drug-likeness (QED) is 0.581. The minimum absolute atomic E-state index is 0.217. The summed E-state index contributed by atoms with van der Waals surface area (Å²) in [6, 6.07) is 10.2. The van der Waals surface area contributed by atoms with Crippen molar-refractivity contribution in [2.75, 3.05) is 5.32 Å². The van der Waals surface area contributed by atoms with Gasteiger partial charge in [0, 0.05) is 16.8 Å². The van der Waals surface area contributed by atoms with E-state index < -0.39 is 5.91 Å². The molecule has 3 N–H and O–H groups in total. The van der Waals surface area contributed by atoms with Gasteiger partial charge in [0.2, 0.25) is 0 Å². The Morgan fingerprint density at radius 3 is 2.26 bits per heavy atom. The first-order chi connectivity index (χ1) is 9.10. The van der Waals surface area contributed by atoms with Crippen molar-refractivity contribution in [3.05, 3.63) is 53.6 Å². The second-order valence-corrected chi connectivity index (χ2v) is 3.90. The Labute approximate surface area is 109 Å². The van der Waals surface area contributed by atoms with Gasteiger partial charge < -0.3 is 15.5 Å². The van der Waals surface area contributed by atoms with Crippen LogP contribution in [0.4, 0.5) is 5.69 Å². The average Bonchev–Trinajstić information content (AvgIpc) is 2.42. The smallest absolute Gasteiger partial charge is 0.255 e. The Morgan fingerprint density at radius 2 is 1.68 bits per heavy atom. The predicted octanol–water partition coefficient (Wildman–Crippen LogP) is 2.16. The molecule has 2 rings (SSSR count). The number of benzene rings is 2. The zero-order valence-corrected chi connectivity index (χ0v) is 9.83. The number of hydrogen-bond donors (Lipinski definition) is 3. The second-order valence-electron chi connectivity index (χ2n) is 3.90. The van der Waals surface area contributed by atoms with Gasteiger partial charge in [-0.3, -0.25) is 9.59 Å². The highest BCUT2D eigenvalue weighted by atomic mass is 16.3. The minimum Gasteiger partial charge on any atom is -0.504 e. The molecule has 0 unspecified atom stereocenters. The number of phenolic OH excluding ortho intramolecular Hbond substituents is 2. The van der Waals surface area contributed by atoms with Gasteiger partial charge in [0.15, 0.2) is 11.5 Å². The fourth-order valence-electron chi connectivity index (χ4n) is 1.51. The lowest BCUT2D eigenvalue weighted by atomic mass is 10.1.